The van der Waals surface area contributed by atoms with Crippen LogP contribution in [-0.2, 0) is 20.7 Å². The van der Waals surface area contributed by atoms with Gasteiger partial charge in [-0.15, -0.1) is 22.7 Å². The van der Waals surface area contributed by atoms with Crippen LogP contribution >= 0.6 is 22.7 Å². The number of nitrogens with one attached hydrogen (secondary N) is 1. The van der Waals surface area contributed by atoms with E-state index in [2.05, 4.69) is 10.3 Å². The van der Waals surface area contributed by atoms with Gasteiger partial charge < -0.3 is 10.1 Å². The van der Waals surface area contributed by atoms with Gasteiger partial charge in [-0.3, -0.25) is 9.59 Å². The van der Waals surface area contributed by atoms with E-state index >= 15 is 0 Å². The molecule has 0 unspecified atom stereocenters. The van der Waals surface area contributed by atoms with Crippen molar-refractivity contribution in [2.24, 2.45) is 0 Å². The standard InChI is InChI=1S/C19H15N3O3S2/c1-12(18(24)21-14-5-2-4-13(8-14)10-20)25-17(23)9-15-11-27-19(22-15)16-6-3-7-26-16/h2-8,11-12H,9H2,1H3,(H,21,24)/t12-/m0/s1. The molecular weight excluding hydrogens is 382 g/mol. The minimum absolute atomic E-state index is 0.00339. The van der Waals surface area contributed by atoms with Gasteiger partial charge in [-0.25, -0.2) is 4.98 Å². The molecule has 0 bridgehead atoms. The molecule has 2 heterocycles. The van der Waals surface area contributed by atoms with Gasteiger partial charge in [0.15, 0.2) is 6.10 Å². The summed E-state index contributed by atoms with van der Waals surface area (Å²) < 4.78 is 5.20. The molecule has 3 aromatic rings. The van der Waals surface area contributed by atoms with E-state index in [9.17, 15) is 9.59 Å². The zero-order valence-electron chi connectivity index (χ0n) is 14.3. The van der Waals surface area contributed by atoms with Crippen LogP contribution in [0, 0.1) is 11.3 Å². The van der Waals surface area contributed by atoms with Crippen LogP contribution in [0.4, 0.5) is 5.69 Å². The Hall–Kier alpha value is -3.02. The molecule has 0 spiro atoms. The summed E-state index contributed by atoms with van der Waals surface area (Å²) in [5, 5.41) is 16.2. The quantitative estimate of drug-likeness (QED) is 0.638. The third-order valence-electron chi connectivity index (χ3n) is 3.55. The van der Waals surface area contributed by atoms with Crippen LogP contribution in [0.25, 0.3) is 9.88 Å². The molecule has 8 heteroatoms. The summed E-state index contributed by atoms with van der Waals surface area (Å²) in [5.74, 6) is -0.984. The Morgan fingerprint density at radius 3 is 2.89 bits per heavy atom. The Morgan fingerprint density at radius 2 is 2.15 bits per heavy atom. The SMILES string of the molecule is C[C@H](OC(=O)Cc1csc(-c2cccs2)n1)C(=O)Nc1cccc(C#N)c1. The second-order valence-electron chi connectivity index (χ2n) is 5.61. The highest BCUT2D eigenvalue weighted by Gasteiger charge is 2.19. The van der Waals surface area contributed by atoms with Gasteiger partial charge in [0.05, 0.1) is 28.6 Å². The van der Waals surface area contributed by atoms with Crippen molar-refractivity contribution in [3.63, 3.8) is 0 Å². The van der Waals surface area contributed by atoms with Gasteiger partial charge >= 0.3 is 5.97 Å². The van der Waals surface area contributed by atoms with Gasteiger partial charge in [-0.2, -0.15) is 5.26 Å². The predicted octanol–water partition coefficient (Wildman–Crippen LogP) is 3.86. The number of anilines is 1. The first kappa shape index (κ1) is 18.8. The number of thiophene rings is 1. The second kappa shape index (κ2) is 8.58. The van der Waals surface area contributed by atoms with Gasteiger partial charge in [-0.05, 0) is 36.6 Å². The maximum Gasteiger partial charge on any atom is 0.312 e. The molecule has 0 radical (unpaired) electrons. The highest BCUT2D eigenvalue weighted by atomic mass is 32.1. The number of carbonyl (C=O) groups is 2. The summed E-state index contributed by atoms with van der Waals surface area (Å²) in [4.78, 5) is 29.8. The van der Waals surface area contributed by atoms with Gasteiger partial charge in [0.25, 0.3) is 5.91 Å². The normalized spacial score (nSPS) is 11.4. The van der Waals surface area contributed by atoms with Crippen LogP contribution in [0.15, 0.2) is 47.2 Å². The number of aromatic nitrogens is 1. The Morgan fingerprint density at radius 1 is 1.30 bits per heavy atom. The smallest absolute Gasteiger partial charge is 0.312 e. The third kappa shape index (κ3) is 5.00. The van der Waals surface area contributed by atoms with Gasteiger partial charge in [0.2, 0.25) is 0 Å². The number of hydrogen-bond acceptors (Lipinski definition) is 7. The van der Waals surface area contributed by atoms with E-state index in [0.29, 0.717) is 16.9 Å². The number of esters is 1. The molecule has 1 aromatic carbocycles. The largest absolute Gasteiger partial charge is 0.452 e. The second-order valence-corrected chi connectivity index (χ2v) is 7.42. The Balaban J connectivity index is 1.54. The maximum absolute atomic E-state index is 12.2. The summed E-state index contributed by atoms with van der Waals surface area (Å²) in [5.41, 5.74) is 1.52. The van der Waals surface area contributed by atoms with Crippen molar-refractivity contribution in [3.8, 4) is 16.0 Å². The predicted molar refractivity (Wildman–Crippen MR) is 104 cm³/mol. The molecule has 1 amide bonds. The first-order chi connectivity index (χ1) is 13.0. The van der Waals surface area contributed by atoms with E-state index in [1.165, 1.54) is 18.3 Å². The Kier molecular flexibility index (Phi) is 5.96. The number of rotatable bonds is 6. The topological polar surface area (TPSA) is 92.1 Å². The first-order valence-corrected chi connectivity index (χ1v) is 9.80. The van der Waals surface area contributed by atoms with Crippen LogP contribution in [0.2, 0.25) is 0 Å². The van der Waals surface area contributed by atoms with E-state index in [4.69, 9.17) is 10.00 Å². The van der Waals surface area contributed by atoms with Gasteiger partial charge in [0, 0.05) is 11.1 Å². The number of hydrogen-bond donors (Lipinski definition) is 1. The number of ether oxygens (including phenoxy) is 1. The number of nitrogens with zero attached hydrogens (tertiary/aromatic N) is 2. The summed E-state index contributed by atoms with van der Waals surface area (Å²) in [6.45, 7) is 1.50. The molecule has 0 fully saturated rings. The third-order valence-corrected chi connectivity index (χ3v) is 5.48. The van der Waals surface area contributed by atoms with Crippen LogP contribution in [0.3, 0.4) is 0 Å². The number of benzene rings is 1. The maximum atomic E-state index is 12.2. The molecule has 1 N–H and O–H groups in total. The van der Waals surface area contributed by atoms with Gasteiger partial charge in [0.1, 0.15) is 5.01 Å². The summed E-state index contributed by atoms with van der Waals surface area (Å²) >= 11 is 3.05. The summed E-state index contributed by atoms with van der Waals surface area (Å²) in [6, 6.07) is 12.4. The molecule has 0 saturated heterocycles. The molecule has 27 heavy (non-hydrogen) atoms. The number of amides is 1. The zero-order chi connectivity index (χ0) is 19.2. The summed E-state index contributed by atoms with van der Waals surface area (Å²) in [6.07, 6.45) is -0.956. The average molecular weight is 397 g/mol. The minimum Gasteiger partial charge on any atom is -0.452 e. The Bertz CT molecular complexity index is 990. The van der Waals surface area contributed by atoms with Crippen LogP contribution in [-0.4, -0.2) is 23.0 Å². The van der Waals surface area contributed by atoms with E-state index in [1.807, 2.05) is 29.0 Å². The molecule has 0 aliphatic heterocycles. The lowest BCUT2D eigenvalue weighted by Crippen LogP contribution is -2.30. The van der Waals surface area contributed by atoms with Crippen LogP contribution < -0.4 is 5.32 Å². The number of carbonyl (C=O) groups excluding carboxylic acids is 2. The van der Waals surface area contributed by atoms with E-state index in [1.54, 1.807) is 35.6 Å². The fourth-order valence-corrected chi connectivity index (χ4v) is 3.89. The van der Waals surface area contributed by atoms with Crippen molar-refractivity contribution in [1.82, 2.24) is 4.98 Å². The van der Waals surface area contributed by atoms with Crippen molar-refractivity contribution in [3.05, 3.63) is 58.4 Å². The van der Waals surface area contributed by atoms with E-state index in [-0.39, 0.29) is 6.42 Å². The van der Waals surface area contributed by atoms with E-state index < -0.39 is 18.0 Å². The van der Waals surface area contributed by atoms with Crippen molar-refractivity contribution < 1.29 is 14.3 Å². The molecule has 3 rings (SSSR count). The fourth-order valence-electron chi connectivity index (χ4n) is 2.25. The molecule has 0 aliphatic carbocycles. The van der Waals surface area contributed by atoms with Gasteiger partial charge in [-0.1, -0.05) is 12.1 Å². The van der Waals surface area contributed by atoms with Crippen LogP contribution in [0.5, 0.6) is 0 Å². The lowest BCUT2D eigenvalue weighted by Gasteiger charge is -2.13. The molecule has 0 saturated carbocycles. The lowest BCUT2D eigenvalue weighted by molar-refractivity contribution is -0.152. The molecule has 0 aliphatic rings. The lowest BCUT2D eigenvalue weighted by atomic mass is 10.2. The minimum atomic E-state index is -0.960. The number of nitriles is 1. The molecule has 6 nitrogen and oxygen atoms in total. The Labute approximate surface area is 164 Å². The molecule has 1 atom stereocenters. The fraction of sp³-hybridized carbons (Fsp3) is 0.158. The van der Waals surface area contributed by atoms with Crippen LogP contribution in [0.1, 0.15) is 18.2 Å². The van der Waals surface area contributed by atoms with Crippen molar-refractivity contribution in [2.75, 3.05) is 5.32 Å². The van der Waals surface area contributed by atoms with Crippen molar-refractivity contribution in [1.29, 1.82) is 5.26 Å². The van der Waals surface area contributed by atoms with Crippen molar-refractivity contribution in [2.45, 2.75) is 19.4 Å². The van der Waals surface area contributed by atoms with E-state index in [0.717, 1.165) is 9.88 Å². The average Bonchev–Trinajstić information content (AvgIpc) is 3.33. The highest BCUT2D eigenvalue weighted by Crippen LogP contribution is 2.28. The monoisotopic (exact) mass is 397 g/mol. The van der Waals surface area contributed by atoms with Crippen molar-refractivity contribution >= 4 is 40.2 Å². The first-order valence-electron chi connectivity index (χ1n) is 8.04. The molecule has 136 valence electrons. The summed E-state index contributed by atoms with van der Waals surface area (Å²) in [7, 11) is 0. The molecular formula is C19H15N3O3S2. The zero-order valence-corrected chi connectivity index (χ0v) is 16.0. The number of thiazole rings is 1. The molecule has 2 aromatic heterocycles. The highest BCUT2D eigenvalue weighted by molar-refractivity contribution is 7.20.